The van der Waals surface area contributed by atoms with Crippen molar-refractivity contribution in [1.29, 1.82) is 0 Å². The van der Waals surface area contributed by atoms with E-state index >= 15 is 0 Å². The van der Waals surface area contributed by atoms with Gasteiger partial charge in [0.05, 0.1) is 36.3 Å². The quantitative estimate of drug-likeness (QED) is 0.294. The Hall–Kier alpha value is -3.82. The van der Waals surface area contributed by atoms with Gasteiger partial charge in [-0.2, -0.15) is 0 Å². The molecule has 2 N–H and O–H groups in total. The van der Waals surface area contributed by atoms with Gasteiger partial charge in [0.1, 0.15) is 11.5 Å². The average molecular weight is 535 g/mol. The molecule has 2 heterocycles. The lowest BCUT2D eigenvalue weighted by Crippen LogP contribution is -2.30. The monoisotopic (exact) mass is 534 g/mol. The summed E-state index contributed by atoms with van der Waals surface area (Å²) in [5.41, 5.74) is 1.85. The van der Waals surface area contributed by atoms with Gasteiger partial charge in [-0.3, -0.25) is 9.59 Å². The predicted octanol–water partition coefficient (Wildman–Crippen LogP) is 5.41. The Kier molecular flexibility index (Phi) is 7.67. The number of hydrogen-bond acceptors (Lipinski definition) is 7. The molecule has 1 aliphatic carbocycles. The van der Waals surface area contributed by atoms with Crippen LogP contribution < -0.4 is 14.8 Å². The van der Waals surface area contributed by atoms with E-state index in [1.54, 1.807) is 42.5 Å². The number of aliphatic hydroxyl groups is 1. The molecule has 196 valence electrons. The third-order valence-electron chi connectivity index (χ3n) is 6.64. The smallest absolute Gasteiger partial charge is 0.251 e. The number of thiophene rings is 1. The Morgan fingerprint density at radius 3 is 2.66 bits per heavy atom. The first-order chi connectivity index (χ1) is 18.4. The maximum atomic E-state index is 14.1. The van der Waals surface area contributed by atoms with E-state index in [0.717, 1.165) is 23.8 Å². The number of carbonyl (C=O) groups excluding carboxylic acids is 2. The molecule has 0 atom stereocenters. The van der Waals surface area contributed by atoms with E-state index in [1.807, 2.05) is 11.4 Å². The molecule has 0 aliphatic heterocycles. The number of nitrogens with zero attached hydrogens (tertiary/aromatic N) is 1. The number of amides is 1. The first kappa shape index (κ1) is 25.8. The molecule has 1 amide bonds. The fraction of sp³-hybridized carbons (Fsp3) is 0.276. The van der Waals surface area contributed by atoms with Crippen LogP contribution in [0.4, 0.5) is 4.39 Å². The van der Waals surface area contributed by atoms with Crippen LogP contribution in [-0.2, 0) is 0 Å². The second-order valence-electron chi connectivity index (χ2n) is 9.19. The fourth-order valence-corrected chi connectivity index (χ4v) is 5.53. The maximum Gasteiger partial charge on any atom is 0.251 e. The van der Waals surface area contributed by atoms with Gasteiger partial charge in [0.2, 0.25) is 0 Å². The molecular formula is C29H27FN2O5S. The summed E-state index contributed by atoms with van der Waals surface area (Å²) in [6, 6.07) is 14.8. The first-order valence-electron chi connectivity index (χ1n) is 12.4. The van der Waals surface area contributed by atoms with Crippen molar-refractivity contribution in [2.75, 3.05) is 13.7 Å². The number of ketones is 1. The van der Waals surface area contributed by atoms with Crippen molar-refractivity contribution >= 4 is 33.1 Å². The SMILES string of the molecule is COc1cc(C(=O)NCC(=O)c2cccc(-c3csc4c(F)cccc34)n2)ccc1O[C@H]1CC[C@@H](O)CC1. The fourth-order valence-electron chi connectivity index (χ4n) is 4.56. The molecule has 0 spiro atoms. The summed E-state index contributed by atoms with van der Waals surface area (Å²) in [5, 5.41) is 14.9. The van der Waals surface area contributed by atoms with Crippen LogP contribution in [0.25, 0.3) is 21.3 Å². The summed E-state index contributed by atoms with van der Waals surface area (Å²) in [6.45, 7) is -0.237. The van der Waals surface area contributed by atoms with Crippen LogP contribution in [0.3, 0.4) is 0 Å². The molecule has 38 heavy (non-hydrogen) atoms. The van der Waals surface area contributed by atoms with Crippen molar-refractivity contribution < 1.29 is 28.6 Å². The number of carbonyl (C=O) groups is 2. The minimum Gasteiger partial charge on any atom is -0.493 e. The zero-order valence-electron chi connectivity index (χ0n) is 20.8. The molecule has 1 aliphatic rings. The van der Waals surface area contributed by atoms with Crippen LogP contribution in [0, 0.1) is 5.82 Å². The Morgan fingerprint density at radius 2 is 1.87 bits per heavy atom. The number of ether oxygens (including phenoxy) is 2. The van der Waals surface area contributed by atoms with Gasteiger partial charge in [-0.15, -0.1) is 11.3 Å². The lowest BCUT2D eigenvalue weighted by atomic mass is 9.95. The Labute approximate surface area is 223 Å². The Balaban J connectivity index is 1.24. The minimum atomic E-state index is -0.431. The normalized spacial score (nSPS) is 17.2. The van der Waals surface area contributed by atoms with Gasteiger partial charge in [0.15, 0.2) is 17.3 Å². The highest BCUT2D eigenvalue weighted by Gasteiger charge is 2.22. The number of fused-ring (bicyclic) bond motifs is 1. The van der Waals surface area contributed by atoms with Gasteiger partial charge in [-0.25, -0.2) is 9.37 Å². The summed E-state index contributed by atoms with van der Waals surface area (Å²) >= 11 is 1.29. The number of aromatic nitrogens is 1. The third-order valence-corrected chi connectivity index (χ3v) is 7.64. The number of benzene rings is 2. The molecule has 2 aromatic heterocycles. The van der Waals surface area contributed by atoms with Crippen molar-refractivity contribution in [2.24, 2.45) is 0 Å². The molecule has 5 rings (SSSR count). The van der Waals surface area contributed by atoms with Crippen molar-refractivity contribution in [3.63, 3.8) is 0 Å². The lowest BCUT2D eigenvalue weighted by Gasteiger charge is -2.26. The molecule has 0 bridgehead atoms. The largest absolute Gasteiger partial charge is 0.493 e. The predicted molar refractivity (Wildman–Crippen MR) is 144 cm³/mol. The second kappa shape index (κ2) is 11.3. The molecule has 9 heteroatoms. The summed E-state index contributed by atoms with van der Waals surface area (Å²) in [5.74, 6) is -0.122. The zero-order chi connectivity index (χ0) is 26.6. The van der Waals surface area contributed by atoms with E-state index in [1.165, 1.54) is 24.5 Å². The van der Waals surface area contributed by atoms with Crippen molar-refractivity contribution in [1.82, 2.24) is 10.3 Å². The molecule has 0 radical (unpaired) electrons. The Morgan fingerprint density at radius 1 is 1.08 bits per heavy atom. The van der Waals surface area contributed by atoms with E-state index in [4.69, 9.17) is 9.47 Å². The van der Waals surface area contributed by atoms with Crippen molar-refractivity contribution in [3.05, 3.63) is 77.1 Å². The van der Waals surface area contributed by atoms with Crippen LogP contribution in [-0.4, -0.2) is 47.6 Å². The van der Waals surface area contributed by atoms with Crippen LogP contribution in [0.5, 0.6) is 11.5 Å². The zero-order valence-corrected chi connectivity index (χ0v) is 21.6. The van der Waals surface area contributed by atoms with Gasteiger partial charge in [-0.1, -0.05) is 18.2 Å². The highest BCUT2D eigenvalue weighted by molar-refractivity contribution is 7.17. The minimum absolute atomic E-state index is 0.0149. The highest BCUT2D eigenvalue weighted by atomic mass is 32.1. The number of halogens is 1. The Bertz CT molecular complexity index is 1480. The third kappa shape index (κ3) is 5.54. The number of pyridine rings is 1. The molecule has 0 saturated heterocycles. The molecule has 0 unspecified atom stereocenters. The van der Waals surface area contributed by atoms with Gasteiger partial charge in [0.25, 0.3) is 5.91 Å². The summed E-state index contributed by atoms with van der Waals surface area (Å²) in [6.07, 6.45) is 2.61. The maximum absolute atomic E-state index is 14.1. The van der Waals surface area contributed by atoms with Crippen LogP contribution in [0.1, 0.15) is 46.5 Å². The van der Waals surface area contributed by atoms with Gasteiger partial charge in [-0.05, 0) is 62.1 Å². The second-order valence-corrected chi connectivity index (χ2v) is 10.1. The number of aliphatic hydroxyl groups excluding tert-OH is 1. The van der Waals surface area contributed by atoms with E-state index in [0.29, 0.717) is 40.3 Å². The van der Waals surface area contributed by atoms with Gasteiger partial charge in [0, 0.05) is 21.9 Å². The average Bonchev–Trinajstić information content (AvgIpc) is 3.38. The standard InChI is InChI=1S/C29H27FN2O5S/c1-36-27-14-17(8-13-26(27)37-19-11-9-18(33)10-12-19)29(35)31-15-25(34)24-7-3-6-23(32-24)21-16-38-28-20(21)4-2-5-22(28)30/h2-8,13-14,16,18-19,33H,9-12,15H2,1H3,(H,31,35)/t18-,19+. The van der Waals surface area contributed by atoms with Gasteiger partial charge < -0.3 is 19.9 Å². The highest BCUT2D eigenvalue weighted by Crippen LogP contribution is 2.35. The van der Waals surface area contributed by atoms with E-state index < -0.39 is 5.91 Å². The van der Waals surface area contributed by atoms with Crippen molar-refractivity contribution in [2.45, 2.75) is 37.9 Å². The molecular weight excluding hydrogens is 507 g/mol. The topological polar surface area (TPSA) is 97.8 Å². The number of hydrogen-bond donors (Lipinski definition) is 2. The van der Waals surface area contributed by atoms with Crippen molar-refractivity contribution in [3.8, 4) is 22.8 Å². The van der Waals surface area contributed by atoms with Crippen LogP contribution in [0.15, 0.2) is 60.0 Å². The molecule has 1 fully saturated rings. The number of Topliss-reactive ketones (excluding diaryl/α,β-unsaturated/α-hetero) is 1. The molecule has 7 nitrogen and oxygen atoms in total. The summed E-state index contributed by atoms with van der Waals surface area (Å²) in [7, 11) is 1.50. The van der Waals surface area contributed by atoms with E-state index in [9.17, 15) is 19.1 Å². The number of methoxy groups -OCH3 is 1. The number of nitrogens with one attached hydrogen (secondary N) is 1. The van der Waals surface area contributed by atoms with E-state index in [2.05, 4.69) is 10.3 Å². The van der Waals surface area contributed by atoms with Crippen LogP contribution in [0.2, 0.25) is 0 Å². The number of rotatable bonds is 8. The van der Waals surface area contributed by atoms with Crippen LogP contribution >= 0.6 is 11.3 Å². The first-order valence-corrected chi connectivity index (χ1v) is 13.3. The van der Waals surface area contributed by atoms with Gasteiger partial charge >= 0.3 is 0 Å². The summed E-state index contributed by atoms with van der Waals surface area (Å²) < 4.78 is 26.1. The molecule has 2 aromatic carbocycles. The lowest BCUT2D eigenvalue weighted by molar-refractivity contribution is 0.0652. The molecule has 4 aromatic rings. The summed E-state index contributed by atoms with van der Waals surface area (Å²) in [4.78, 5) is 30.1. The molecule has 1 saturated carbocycles. The van der Waals surface area contributed by atoms with E-state index in [-0.39, 0.29) is 36.0 Å².